The van der Waals surface area contributed by atoms with Crippen molar-refractivity contribution in [1.29, 1.82) is 0 Å². The van der Waals surface area contributed by atoms with E-state index in [0.717, 1.165) is 25.4 Å². The van der Waals surface area contributed by atoms with Gasteiger partial charge in [-0.05, 0) is 59.3 Å². The molecule has 3 heteroatoms. The molecule has 0 aromatic heterocycles. The van der Waals surface area contributed by atoms with Crippen LogP contribution in [0.3, 0.4) is 0 Å². The summed E-state index contributed by atoms with van der Waals surface area (Å²) in [4.78, 5) is 2.40. The summed E-state index contributed by atoms with van der Waals surface area (Å²) in [5.41, 5.74) is 5.88. The third kappa shape index (κ3) is 4.94. The minimum Gasteiger partial charge on any atom is -0.326 e. The van der Waals surface area contributed by atoms with Crippen molar-refractivity contribution in [3.05, 3.63) is 0 Å². The molecule has 84 valence electrons. The van der Waals surface area contributed by atoms with Crippen molar-refractivity contribution < 1.29 is 0 Å². The van der Waals surface area contributed by atoms with Crippen LogP contribution in [0.4, 0.5) is 0 Å². The summed E-state index contributed by atoms with van der Waals surface area (Å²) in [7, 11) is 2.20. The van der Waals surface area contributed by atoms with Gasteiger partial charge in [0.1, 0.15) is 0 Å². The van der Waals surface area contributed by atoms with Gasteiger partial charge in [0.25, 0.3) is 0 Å². The molecule has 1 rings (SSSR count). The van der Waals surface area contributed by atoms with E-state index in [1.54, 1.807) is 0 Å². The highest BCUT2D eigenvalue weighted by atomic mass is 15.1. The molecule has 0 aliphatic carbocycles. The molecule has 0 aromatic rings. The molecule has 0 amide bonds. The normalized spacial score (nSPS) is 24.4. The van der Waals surface area contributed by atoms with Crippen LogP contribution in [0.2, 0.25) is 0 Å². The Balaban J connectivity index is 1.99. The van der Waals surface area contributed by atoms with Crippen LogP contribution in [0.5, 0.6) is 0 Å². The maximum atomic E-state index is 5.90. The summed E-state index contributed by atoms with van der Waals surface area (Å²) < 4.78 is 0. The molecule has 0 radical (unpaired) electrons. The zero-order valence-electron chi connectivity index (χ0n) is 9.84. The molecule has 3 N–H and O–H groups in total. The first kappa shape index (κ1) is 12.0. The van der Waals surface area contributed by atoms with Gasteiger partial charge >= 0.3 is 0 Å². The first-order valence-corrected chi connectivity index (χ1v) is 5.65. The zero-order chi connectivity index (χ0) is 10.6. The number of likely N-dealkylation sites (tertiary alicyclic amines) is 1. The topological polar surface area (TPSA) is 41.3 Å². The minimum absolute atomic E-state index is 0.0283. The van der Waals surface area contributed by atoms with Crippen LogP contribution in [-0.2, 0) is 0 Å². The van der Waals surface area contributed by atoms with Crippen molar-refractivity contribution in [2.45, 2.75) is 32.2 Å². The van der Waals surface area contributed by atoms with Gasteiger partial charge in [0.2, 0.25) is 0 Å². The molecule has 0 spiro atoms. The van der Waals surface area contributed by atoms with E-state index < -0.39 is 0 Å². The van der Waals surface area contributed by atoms with E-state index in [4.69, 9.17) is 5.73 Å². The monoisotopic (exact) mass is 199 g/mol. The maximum absolute atomic E-state index is 5.90. The van der Waals surface area contributed by atoms with E-state index in [1.807, 2.05) is 0 Å². The van der Waals surface area contributed by atoms with Crippen LogP contribution < -0.4 is 11.1 Å². The fraction of sp³-hybridized carbons (Fsp3) is 1.00. The van der Waals surface area contributed by atoms with E-state index in [0.29, 0.717) is 0 Å². The molecule has 1 aliphatic heterocycles. The largest absolute Gasteiger partial charge is 0.326 e. The highest BCUT2D eigenvalue weighted by molar-refractivity contribution is 4.76. The molecule has 0 bridgehead atoms. The Hall–Kier alpha value is -0.120. The lowest BCUT2D eigenvalue weighted by atomic mass is 10.0. The van der Waals surface area contributed by atoms with Gasteiger partial charge < -0.3 is 16.0 Å². The zero-order valence-corrected chi connectivity index (χ0v) is 9.84. The SMILES string of the molecule is CN1CCC(CNCCC(C)(C)N)C1. The predicted octanol–water partition coefficient (Wildman–Crippen LogP) is 0.655. The third-order valence-electron chi connectivity index (χ3n) is 2.87. The molecule has 1 saturated heterocycles. The lowest BCUT2D eigenvalue weighted by Crippen LogP contribution is -2.37. The first-order chi connectivity index (χ1) is 6.47. The second-order valence-corrected chi connectivity index (χ2v) is 5.36. The smallest absolute Gasteiger partial charge is 0.0109 e. The molecule has 0 aromatic carbocycles. The number of rotatable bonds is 5. The molecular weight excluding hydrogens is 174 g/mol. The highest BCUT2D eigenvalue weighted by Gasteiger charge is 2.18. The second-order valence-electron chi connectivity index (χ2n) is 5.36. The van der Waals surface area contributed by atoms with Crippen LogP contribution in [-0.4, -0.2) is 43.7 Å². The summed E-state index contributed by atoms with van der Waals surface area (Å²) >= 11 is 0. The van der Waals surface area contributed by atoms with Crippen LogP contribution in [0.1, 0.15) is 26.7 Å². The summed E-state index contributed by atoms with van der Waals surface area (Å²) in [5, 5.41) is 3.50. The Kier molecular flexibility index (Phi) is 4.35. The molecule has 1 unspecified atom stereocenters. The van der Waals surface area contributed by atoms with Crippen molar-refractivity contribution in [3.8, 4) is 0 Å². The van der Waals surface area contributed by atoms with Crippen molar-refractivity contribution in [2.24, 2.45) is 11.7 Å². The lowest BCUT2D eigenvalue weighted by molar-refractivity contribution is 0.382. The number of nitrogens with zero attached hydrogens (tertiary/aromatic N) is 1. The summed E-state index contributed by atoms with van der Waals surface area (Å²) in [6.07, 6.45) is 2.39. The molecule has 0 saturated carbocycles. The summed E-state index contributed by atoms with van der Waals surface area (Å²) in [5.74, 6) is 0.848. The van der Waals surface area contributed by atoms with Crippen molar-refractivity contribution in [1.82, 2.24) is 10.2 Å². The Labute approximate surface area is 88.0 Å². The van der Waals surface area contributed by atoms with Crippen LogP contribution in [0.25, 0.3) is 0 Å². The van der Waals surface area contributed by atoms with Crippen LogP contribution in [0, 0.1) is 5.92 Å². The van der Waals surface area contributed by atoms with Gasteiger partial charge in [-0.2, -0.15) is 0 Å². The highest BCUT2D eigenvalue weighted by Crippen LogP contribution is 2.12. The average molecular weight is 199 g/mol. The number of hydrogen-bond donors (Lipinski definition) is 2. The van der Waals surface area contributed by atoms with Crippen molar-refractivity contribution in [3.63, 3.8) is 0 Å². The van der Waals surface area contributed by atoms with Crippen LogP contribution >= 0.6 is 0 Å². The van der Waals surface area contributed by atoms with Crippen molar-refractivity contribution in [2.75, 3.05) is 33.2 Å². The minimum atomic E-state index is -0.0283. The van der Waals surface area contributed by atoms with Gasteiger partial charge in [0.15, 0.2) is 0 Å². The number of hydrogen-bond acceptors (Lipinski definition) is 3. The summed E-state index contributed by atoms with van der Waals surface area (Å²) in [6.45, 7) is 8.87. The second kappa shape index (κ2) is 5.10. The van der Waals surface area contributed by atoms with E-state index in [9.17, 15) is 0 Å². The van der Waals surface area contributed by atoms with Gasteiger partial charge in [0.05, 0.1) is 0 Å². The fourth-order valence-electron chi connectivity index (χ4n) is 1.91. The fourth-order valence-corrected chi connectivity index (χ4v) is 1.91. The molecule has 1 atom stereocenters. The Morgan fingerprint density at radius 1 is 1.50 bits per heavy atom. The molecule has 1 heterocycles. The Bertz CT molecular complexity index is 162. The van der Waals surface area contributed by atoms with Gasteiger partial charge in [0, 0.05) is 12.1 Å². The van der Waals surface area contributed by atoms with Gasteiger partial charge in [-0.3, -0.25) is 0 Å². The lowest BCUT2D eigenvalue weighted by Gasteiger charge is -2.19. The number of nitrogens with two attached hydrogens (primary N) is 1. The van der Waals surface area contributed by atoms with E-state index in [-0.39, 0.29) is 5.54 Å². The van der Waals surface area contributed by atoms with E-state index in [2.05, 4.69) is 31.1 Å². The van der Waals surface area contributed by atoms with Gasteiger partial charge in [-0.1, -0.05) is 0 Å². The average Bonchev–Trinajstić information content (AvgIpc) is 2.44. The molecule has 1 fully saturated rings. The summed E-state index contributed by atoms with van der Waals surface area (Å²) in [6, 6.07) is 0. The van der Waals surface area contributed by atoms with Gasteiger partial charge in [-0.15, -0.1) is 0 Å². The first-order valence-electron chi connectivity index (χ1n) is 5.65. The van der Waals surface area contributed by atoms with Crippen LogP contribution in [0.15, 0.2) is 0 Å². The van der Waals surface area contributed by atoms with E-state index >= 15 is 0 Å². The predicted molar refractivity (Wildman–Crippen MR) is 61.4 cm³/mol. The molecular formula is C11H25N3. The Morgan fingerprint density at radius 2 is 2.21 bits per heavy atom. The maximum Gasteiger partial charge on any atom is 0.0109 e. The third-order valence-corrected chi connectivity index (χ3v) is 2.87. The molecule has 3 nitrogen and oxygen atoms in total. The quantitative estimate of drug-likeness (QED) is 0.639. The molecule has 14 heavy (non-hydrogen) atoms. The standard InChI is InChI=1S/C11H25N3/c1-11(2,12)5-6-13-8-10-4-7-14(3)9-10/h10,13H,4-9,12H2,1-3H3. The molecule has 1 aliphatic rings. The van der Waals surface area contributed by atoms with Gasteiger partial charge in [-0.25, -0.2) is 0 Å². The Morgan fingerprint density at radius 3 is 2.71 bits per heavy atom. The number of nitrogens with one attached hydrogen (secondary N) is 1. The van der Waals surface area contributed by atoms with Crippen molar-refractivity contribution >= 4 is 0 Å². The van der Waals surface area contributed by atoms with E-state index in [1.165, 1.54) is 19.5 Å².